The maximum atomic E-state index is 10.8. The fraction of sp³-hybridized carbons (Fsp3) is 0.462. The van der Waals surface area contributed by atoms with Gasteiger partial charge in [0.15, 0.2) is 0 Å². The molecule has 0 fully saturated rings. The fourth-order valence-electron chi connectivity index (χ4n) is 1.59. The first kappa shape index (κ1) is 15.0. The van der Waals surface area contributed by atoms with Crippen LogP contribution >= 0.6 is 15.9 Å². The summed E-state index contributed by atoms with van der Waals surface area (Å²) in [6.07, 6.45) is 0.311. The van der Waals surface area contributed by atoms with E-state index in [9.17, 15) is 4.79 Å². The van der Waals surface area contributed by atoms with Gasteiger partial charge in [0.1, 0.15) is 12.4 Å². The molecule has 0 unspecified atom stereocenters. The Morgan fingerprint density at radius 2 is 2.00 bits per heavy atom. The molecular formula is C13H19BrN2O2. The van der Waals surface area contributed by atoms with Crippen LogP contribution in [-0.4, -0.2) is 24.6 Å². The lowest BCUT2D eigenvalue weighted by molar-refractivity contribution is -0.119. The number of hydrogen-bond acceptors (Lipinski definition) is 3. The number of rotatable bonds is 7. The van der Waals surface area contributed by atoms with E-state index in [1.165, 1.54) is 0 Å². The van der Waals surface area contributed by atoms with Crippen molar-refractivity contribution in [2.45, 2.75) is 25.8 Å². The van der Waals surface area contributed by atoms with Gasteiger partial charge in [0.25, 0.3) is 0 Å². The molecule has 5 heteroatoms. The highest BCUT2D eigenvalue weighted by Crippen LogP contribution is 2.15. The first-order valence-corrected chi connectivity index (χ1v) is 6.60. The Morgan fingerprint density at radius 1 is 1.39 bits per heavy atom. The van der Waals surface area contributed by atoms with Crippen molar-refractivity contribution >= 4 is 21.8 Å². The lowest BCUT2D eigenvalue weighted by atomic mass is 10.0. The van der Waals surface area contributed by atoms with Crippen LogP contribution in [0.5, 0.6) is 5.75 Å². The summed E-state index contributed by atoms with van der Waals surface area (Å²) < 4.78 is 6.59. The van der Waals surface area contributed by atoms with E-state index < -0.39 is 0 Å². The van der Waals surface area contributed by atoms with E-state index in [1.54, 1.807) is 0 Å². The SMILES string of the molecule is CC(C)(CC(N)=O)NCCOc1ccc(Br)cc1. The molecule has 0 aliphatic rings. The summed E-state index contributed by atoms with van der Waals surface area (Å²) in [7, 11) is 0. The number of halogens is 1. The second-order valence-corrected chi connectivity index (χ2v) is 5.67. The number of ether oxygens (including phenoxy) is 1. The molecule has 0 saturated heterocycles. The van der Waals surface area contributed by atoms with E-state index >= 15 is 0 Å². The van der Waals surface area contributed by atoms with Crippen molar-refractivity contribution in [1.29, 1.82) is 0 Å². The van der Waals surface area contributed by atoms with E-state index in [-0.39, 0.29) is 11.4 Å². The highest BCUT2D eigenvalue weighted by atomic mass is 79.9. The van der Waals surface area contributed by atoms with Gasteiger partial charge in [0.05, 0.1) is 0 Å². The Bertz CT molecular complexity index is 390. The third kappa shape index (κ3) is 6.02. The Balaban J connectivity index is 2.26. The van der Waals surface area contributed by atoms with E-state index in [2.05, 4.69) is 21.2 Å². The van der Waals surface area contributed by atoms with Crippen molar-refractivity contribution in [2.24, 2.45) is 5.73 Å². The quantitative estimate of drug-likeness (QED) is 0.757. The fourth-order valence-corrected chi connectivity index (χ4v) is 1.85. The van der Waals surface area contributed by atoms with Gasteiger partial charge in [-0.2, -0.15) is 0 Å². The van der Waals surface area contributed by atoms with Crippen molar-refractivity contribution in [3.05, 3.63) is 28.7 Å². The standard InChI is InChI=1S/C13H19BrN2O2/c1-13(2,9-12(15)17)16-7-8-18-11-5-3-10(14)4-6-11/h3-6,16H,7-9H2,1-2H3,(H2,15,17). The molecule has 1 aromatic carbocycles. The number of nitrogens with two attached hydrogens (primary N) is 1. The Labute approximate surface area is 116 Å². The highest BCUT2D eigenvalue weighted by Gasteiger charge is 2.19. The number of primary amides is 1. The van der Waals surface area contributed by atoms with Crippen LogP contribution in [0, 0.1) is 0 Å². The monoisotopic (exact) mass is 314 g/mol. The third-order valence-electron chi connectivity index (χ3n) is 2.40. The Hall–Kier alpha value is -1.07. The lowest BCUT2D eigenvalue weighted by Crippen LogP contribution is -2.44. The van der Waals surface area contributed by atoms with Crippen LogP contribution in [0.3, 0.4) is 0 Å². The summed E-state index contributed by atoms with van der Waals surface area (Å²) in [6, 6.07) is 7.66. The number of carbonyl (C=O) groups is 1. The summed E-state index contributed by atoms with van der Waals surface area (Å²) in [5, 5.41) is 3.24. The summed E-state index contributed by atoms with van der Waals surface area (Å²) in [6.45, 7) is 5.09. The molecule has 0 aromatic heterocycles. The van der Waals surface area contributed by atoms with Crippen LogP contribution in [0.2, 0.25) is 0 Å². The molecule has 0 atom stereocenters. The van der Waals surface area contributed by atoms with Gasteiger partial charge < -0.3 is 15.8 Å². The van der Waals surface area contributed by atoms with E-state index in [0.29, 0.717) is 19.6 Å². The van der Waals surface area contributed by atoms with Crippen LogP contribution in [-0.2, 0) is 4.79 Å². The van der Waals surface area contributed by atoms with Gasteiger partial charge in [-0.25, -0.2) is 0 Å². The molecule has 3 N–H and O–H groups in total. The van der Waals surface area contributed by atoms with Crippen LogP contribution in [0.4, 0.5) is 0 Å². The molecule has 1 amide bonds. The van der Waals surface area contributed by atoms with Gasteiger partial charge in [0, 0.05) is 23.0 Å². The number of carbonyl (C=O) groups excluding carboxylic acids is 1. The first-order chi connectivity index (χ1) is 8.39. The molecule has 1 rings (SSSR count). The summed E-state index contributed by atoms with van der Waals surface area (Å²) in [5.41, 5.74) is 4.88. The molecule has 0 spiro atoms. The van der Waals surface area contributed by atoms with Crippen molar-refractivity contribution in [2.75, 3.05) is 13.2 Å². The smallest absolute Gasteiger partial charge is 0.219 e. The van der Waals surface area contributed by atoms with Crippen LogP contribution in [0.25, 0.3) is 0 Å². The van der Waals surface area contributed by atoms with Gasteiger partial charge in [0.2, 0.25) is 5.91 Å². The molecule has 0 heterocycles. The topological polar surface area (TPSA) is 64.4 Å². The first-order valence-electron chi connectivity index (χ1n) is 5.81. The van der Waals surface area contributed by atoms with Crippen LogP contribution in [0.15, 0.2) is 28.7 Å². The zero-order valence-corrected chi connectivity index (χ0v) is 12.3. The maximum Gasteiger partial charge on any atom is 0.219 e. The Morgan fingerprint density at radius 3 is 2.56 bits per heavy atom. The highest BCUT2D eigenvalue weighted by molar-refractivity contribution is 9.10. The normalized spacial score (nSPS) is 11.3. The number of hydrogen-bond donors (Lipinski definition) is 2. The minimum Gasteiger partial charge on any atom is -0.492 e. The molecule has 0 aliphatic carbocycles. The second-order valence-electron chi connectivity index (χ2n) is 4.76. The summed E-state index contributed by atoms with van der Waals surface area (Å²) >= 11 is 3.36. The van der Waals surface area contributed by atoms with E-state index in [4.69, 9.17) is 10.5 Å². The van der Waals surface area contributed by atoms with E-state index in [1.807, 2.05) is 38.1 Å². The molecule has 4 nitrogen and oxygen atoms in total. The van der Waals surface area contributed by atoms with Crippen molar-refractivity contribution in [3.8, 4) is 5.75 Å². The molecule has 0 bridgehead atoms. The molecule has 0 radical (unpaired) electrons. The molecule has 100 valence electrons. The largest absolute Gasteiger partial charge is 0.492 e. The van der Waals surface area contributed by atoms with Crippen LogP contribution < -0.4 is 15.8 Å². The minimum atomic E-state index is -0.304. The summed E-state index contributed by atoms with van der Waals surface area (Å²) in [4.78, 5) is 10.8. The van der Waals surface area contributed by atoms with Crippen molar-refractivity contribution in [3.63, 3.8) is 0 Å². The van der Waals surface area contributed by atoms with Crippen LogP contribution in [0.1, 0.15) is 20.3 Å². The third-order valence-corrected chi connectivity index (χ3v) is 2.93. The van der Waals surface area contributed by atoms with Gasteiger partial charge in [-0.15, -0.1) is 0 Å². The molecule has 0 saturated carbocycles. The minimum absolute atomic E-state index is 0.297. The van der Waals surface area contributed by atoms with Gasteiger partial charge >= 0.3 is 0 Å². The Kier molecular flexibility index (Phi) is 5.62. The maximum absolute atomic E-state index is 10.8. The van der Waals surface area contributed by atoms with Gasteiger partial charge in [-0.1, -0.05) is 15.9 Å². The zero-order chi connectivity index (χ0) is 13.6. The van der Waals surface area contributed by atoms with Crippen molar-refractivity contribution in [1.82, 2.24) is 5.32 Å². The second kappa shape index (κ2) is 6.75. The predicted octanol–water partition coefficient (Wildman–Crippen LogP) is 2.07. The summed E-state index contributed by atoms with van der Waals surface area (Å²) in [5.74, 6) is 0.522. The van der Waals surface area contributed by atoms with Crippen molar-refractivity contribution < 1.29 is 9.53 Å². The molecular weight excluding hydrogens is 296 g/mol. The predicted molar refractivity (Wildman–Crippen MR) is 75.5 cm³/mol. The number of benzene rings is 1. The van der Waals surface area contributed by atoms with Gasteiger partial charge in [-0.3, -0.25) is 4.79 Å². The molecule has 1 aromatic rings. The average molecular weight is 315 g/mol. The molecule has 18 heavy (non-hydrogen) atoms. The zero-order valence-electron chi connectivity index (χ0n) is 10.7. The lowest BCUT2D eigenvalue weighted by Gasteiger charge is -2.24. The average Bonchev–Trinajstić information content (AvgIpc) is 2.25. The van der Waals surface area contributed by atoms with Gasteiger partial charge in [-0.05, 0) is 38.1 Å². The van der Waals surface area contributed by atoms with E-state index in [0.717, 1.165) is 10.2 Å². The molecule has 0 aliphatic heterocycles. The number of amides is 1. The number of nitrogens with one attached hydrogen (secondary N) is 1.